The van der Waals surface area contributed by atoms with E-state index in [1.165, 1.54) is 11.9 Å². The number of aryl methyl sites for hydroxylation is 1. The third-order valence-electron chi connectivity index (χ3n) is 4.73. The van der Waals surface area contributed by atoms with Gasteiger partial charge in [-0.15, -0.1) is 0 Å². The van der Waals surface area contributed by atoms with Gasteiger partial charge in [0.05, 0.1) is 17.3 Å². The van der Waals surface area contributed by atoms with Crippen LogP contribution in [-0.2, 0) is 4.79 Å². The third-order valence-corrected chi connectivity index (χ3v) is 5.03. The zero-order valence-corrected chi connectivity index (χ0v) is 15.4. The first-order valence-corrected chi connectivity index (χ1v) is 8.91. The SMILES string of the molecule is CC(=O)N1N=C(c2ccccc2)C[C@H]1c1cc2cccc(C)c2nc1Cl. The van der Waals surface area contributed by atoms with Gasteiger partial charge in [0.1, 0.15) is 5.15 Å². The van der Waals surface area contributed by atoms with Crippen molar-refractivity contribution in [2.45, 2.75) is 26.3 Å². The average Bonchev–Trinajstić information content (AvgIpc) is 3.08. The van der Waals surface area contributed by atoms with Crippen LogP contribution in [0.5, 0.6) is 0 Å². The number of fused-ring (bicyclic) bond motifs is 1. The lowest BCUT2D eigenvalue weighted by molar-refractivity contribution is -0.130. The summed E-state index contributed by atoms with van der Waals surface area (Å²) in [6.45, 7) is 3.54. The van der Waals surface area contributed by atoms with E-state index in [1.807, 2.05) is 61.5 Å². The number of hydrazone groups is 1. The number of amides is 1. The quantitative estimate of drug-likeness (QED) is 0.608. The minimum atomic E-state index is -0.243. The van der Waals surface area contributed by atoms with Crippen molar-refractivity contribution >= 4 is 34.1 Å². The molecule has 2 heterocycles. The molecule has 26 heavy (non-hydrogen) atoms. The first-order valence-electron chi connectivity index (χ1n) is 8.53. The molecule has 0 spiro atoms. The van der Waals surface area contributed by atoms with Crippen LogP contribution in [0.3, 0.4) is 0 Å². The fourth-order valence-corrected chi connectivity index (χ4v) is 3.69. The minimum Gasteiger partial charge on any atom is -0.273 e. The number of nitrogens with zero attached hydrogens (tertiary/aromatic N) is 3. The van der Waals surface area contributed by atoms with Gasteiger partial charge in [0.2, 0.25) is 5.91 Å². The average molecular weight is 364 g/mol. The summed E-state index contributed by atoms with van der Waals surface area (Å²) in [5, 5.41) is 7.53. The van der Waals surface area contributed by atoms with Crippen molar-refractivity contribution < 1.29 is 4.79 Å². The molecule has 0 unspecified atom stereocenters. The molecule has 0 bridgehead atoms. The van der Waals surface area contributed by atoms with Crippen molar-refractivity contribution in [3.63, 3.8) is 0 Å². The first kappa shape index (κ1) is 16.7. The second-order valence-electron chi connectivity index (χ2n) is 6.51. The van der Waals surface area contributed by atoms with Gasteiger partial charge in [-0.05, 0) is 24.1 Å². The Balaban J connectivity index is 1.79. The smallest absolute Gasteiger partial charge is 0.240 e. The predicted octanol–water partition coefficient (Wildman–Crippen LogP) is 4.89. The Hall–Kier alpha value is -2.72. The Kier molecular flexibility index (Phi) is 4.21. The molecule has 4 nitrogen and oxygen atoms in total. The number of hydrogen-bond acceptors (Lipinski definition) is 3. The summed E-state index contributed by atoms with van der Waals surface area (Å²) in [7, 11) is 0. The van der Waals surface area contributed by atoms with E-state index in [4.69, 9.17) is 11.6 Å². The van der Waals surface area contributed by atoms with Gasteiger partial charge < -0.3 is 0 Å². The molecule has 0 saturated heterocycles. The fraction of sp³-hybridized carbons (Fsp3) is 0.190. The Morgan fingerprint density at radius 2 is 1.92 bits per heavy atom. The van der Waals surface area contributed by atoms with Crippen molar-refractivity contribution in [2.24, 2.45) is 5.10 Å². The maximum absolute atomic E-state index is 12.2. The lowest BCUT2D eigenvalue weighted by Gasteiger charge is -2.21. The van der Waals surface area contributed by atoms with Crippen LogP contribution in [-0.4, -0.2) is 21.6 Å². The molecule has 0 saturated carbocycles. The predicted molar refractivity (Wildman–Crippen MR) is 104 cm³/mol. The van der Waals surface area contributed by atoms with Crippen molar-refractivity contribution in [2.75, 3.05) is 0 Å². The normalized spacial score (nSPS) is 16.8. The molecule has 130 valence electrons. The number of hydrogen-bond donors (Lipinski definition) is 0. The summed E-state index contributed by atoms with van der Waals surface area (Å²) in [5.74, 6) is -0.110. The summed E-state index contributed by atoms with van der Waals surface area (Å²) in [6, 6.07) is 17.7. The topological polar surface area (TPSA) is 45.6 Å². The highest BCUT2D eigenvalue weighted by Crippen LogP contribution is 2.37. The Morgan fingerprint density at radius 1 is 1.15 bits per heavy atom. The number of para-hydroxylation sites is 1. The monoisotopic (exact) mass is 363 g/mol. The maximum atomic E-state index is 12.2. The molecule has 0 N–H and O–H groups in total. The highest BCUT2D eigenvalue weighted by molar-refractivity contribution is 6.30. The molecule has 1 atom stereocenters. The number of aromatic nitrogens is 1. The zero-order chi connectivity index (χ0) is 18.3. The molecular formula is C21H18ClN3O. The number of rotatable bonds is 2. The van der Waals surface area contributed by atoms with Crippen LogP contribution < -0.4 is 0 Å². The van der Waals surface area contributed by atoms with Gasteiger partial charge in [-0.1, -0.05) is 60.1 Å². The van der Waals surface area contributed by atoms with E-state index in [9.17, 15) is 4.79 Å². The maximum Gasteiger partial charge on any atom is 0.240 e. The summed E-state index contributed by atoms with van der Waals surface area (Å²) >= 11 is 6.52. The Morgan fingerprint density at radius 3 is 2.65 bits per heavy atom. The van der Waals surface area contributed by atoms with E-state index in [0.717, 1.165) is 33.3 Å². The van der Waals surface area contributed by atoms with Gasteiger partial charge in [0.15, 0.2) is 0 Å². The lowest BCUT2D eigenvalue weighted by Crippen LogP contribution is -2.24. The second kappa shape index (κ2) is 6.54. The molecule has 0 fully saturated rings. The summed E-state index contributed by atoms with van der Waals surface area (Å²) in [5.41, 5.74) is 4.69. The number of pyridine rings is 1. The third kappa shape index (κ3) is 2.86. The van der Waals surface area contributed by atoms with Crippen LogP contribution in [0, 0.1) is 6.92 Å². The van der Waals surface area contributed by atoms with Crippen LogP contribution in [0.15, 0.2) is 59.7 Å². The van der Waals surface area contributed by atoms with E-state index in [-0.39, 0.29) is 11.9 Å². The molecule has 2 aromatic carbocycles. The molecule has 1 amide bonds. The highest BCUT2D eigenvalue weighted by Gasteiger charge is 2.33. The second-order valence-corrected chi connectivity index (χ2v) is 6.87. The van der Waals surface area contributed by atoms with Crippen molar-refractivity contribution in [3.05, 3.63) is 76.4 Å². The van der Waals surface area contributed by atoms with E-state index < -0.39 is 0 Å². The standard InChI is InChI=1S/C21H18ClN3O/c1-13-7-6-10-16-11-17(21(22)23-20(13)16)19-12-18(24-25(19)14(2)26)15-8-4-3-5-9-15/h3-11,19H,12H2,1-2H3/t19-/m0/s1. The van der Waals surface area contributed by atoms with Gasteiger partial charge in [-0.3, -0.25) is 4.79 Å². The van der Waals surface area contributed by atoms with Gasteiger partial charge in [-0.25, -0.2) is 9.99 Å². The van der Waals surface area contributed by atoms with Crippen LogP contribution in [0.1, 0.15) is 36.1 Å². The highest BCUT2D eigenvalue weighted by atomic mass is 35.5. The van der Waals surface area contributed by atoms with Crippen LogP contribution in [0.25, 0.3) is 10.9 Å². The number of carbonyl (C=O) groups excluding carboxylic acids is 1. The van der Waals surface area contributed by atoms with Crippen molar-refractivity contribution in [1.82, 2.24) is 9.99 Å². The fourth-order valence-electron chi connectivity index (χ4n) is 3.42. The minimum absolute atomic E-state index is 0.110. The summed E-state index contributed by atoms with van der Waals surface area (Å²) in [6.07, 6.45) is 0.613. The molecule has 0 radical (unpaired) electrons. The molecule has 4 rings (SSSR count). The molecule has 3 aromatic rings. The van der Waals surface area contributed by atoms with Gasteiger partial charge in [-0.2, -0.15) is 5.10 Å². The van der Waals surface area contributed by atoms with E-state index in [2.05, 4.69) is 10.1 Å². The Labute approximate surface area is 157 Å². The Bertz CT molecular complexity index is 1030. The van der Waals surface area contributed by atoms with E-state index >= 15 is 0 Å². The van der Waals surface area contributed by atoms with Crippen molar-refractivity contribution in [1.29, 1.82) is 0 Å². The van der Waals surface area contributed by atoms with Gasteiger partial charge in [0, 0.05) is 24.3 Å². The van der Waals surface area contributed by atoms with Crippen LogP contribution >= 0.6 is 11.6 Å². The molecule has 5 heteroatoms. The van der Waals surface area contributed by atoms with Gasteiger partial charge in [0.25, 0.3) is 0 Å². The molecule has 1 aromatic heterocycles. The number of carbonyl (C=O) groups is 1. The largest absolute Gasteiger partial charge is 0.273 e. The zero-order valence-electron chi connectivity index (χ0n) is 14.6. The van der Waals surface area contributed by atoms with E-state index in [1.54, 1.807) is 0 Å². The summed E-state index contributed by atoms with van der Waals surface area (Å²) < 4.78 is 0. The molecular weight excluding hydrogens is 346 g/mol. The van der Waals surface area contributed by atoms with Crippen LogP contribution in [0.2, 0.25) is 5.15 Å². The van der Waals surface area contributed by atoms with Gasteiger partial charge >= 0.3 is 0 Å². The van der Waals surface area contributed by atoms with Crippen molar-refractivity contribution in [3.8, 4) is 0 Å². The van der Waals surface area contributed by atoms with Crippen LogP contribution in [0.4, 0.5) is 0 Å². The first-order chi connectivity index (χ1) is 12.5. The van der Waals surface area contributed by atoms with E-state index in [0.29, 0.717) is 11.6 Å². The molecule has 0 aliphatic carbocycles. The number of benzene rings is 2. The molecule has 1 aliphatic heterocycles. The summed E-state index contributed by atoms with van der Waals surface area (Å²) in [4.78, 5) is 16.8. The molecule has 1 aliphatic rings. The number of halogens is 1. The lowest BCUT2D eigenvalue weighted by atomic mass is 9.98.